The van der Waals surface area contributed by atoms with Crippen molar-refractivity contribution in [1.29, 1.82) is 0 Å². The van der Waals surface area contributed by atoms with E-state index in [-0.39, 0.29) is 5.41 Å². The van der Waals surface area contributed by atoms with E-state index in [0.29, 0.717) is 5.41 Å². The molecule has 0 unspecified atom stereocenters. The van der Waals surface area contributed by atoms with Gasteiger partial charge in [0, 0.05) is 0 Å². The lowest BCUT2D eigenvalue weighted by molar-refractivity contribution is 0.389. The normalized spacial score (nSPS) is 12.5. The lowest BCUT2D eigenvalue weighted by Crippen LogP contribution is -2.19. The van der Waals surface area contributed by atoms with Crippen molar-refractivity contribution in [3.05, 3.63) is 48.0 Å². The molecule has 0 atom stereocenters. The second-order valence-corrected chi connectivity index (χ2v) is 6.91. The van der Waals surface area contributed by atoms with E-state index in [0.717, 1.165) is 12.8 Å². The van der Waals surface area contributed by atoms with Crippen LogP contribution in [-0.2, 0) is 5.41 Å². The Hall–Kier alpha value is -1.04. The zero-order valence-electron chi connectivity index (χ0n) is 12.0. The van der Waals surface area contributed by atoms with Gasteiger partial charge in [-0.1, -0.05) is 77.1 Å². The Kier molecular flexibility index (Phi) is 4.19. The summed E-state index contributed by atoms with van der Waals surface area (Å²) in [6.07, 6.45) is 2.16. The van der Waals surface area contributed by atoms with Gasteiger partial charge in [-0.3, -0.25) is 0 Å². The first-order chi connectivity index (χ1) is 7.71. The van der Waals surface area contributed by atoms with Crippen molar-refractivity contribution in [2.45, 2.75) is 52.9 Å². The van der Waals surface area contributed by atoms with Crippen molar-refractivity contribution in [3.8, 4) is 0 Å². The summed E-state index contributed by atoms with van der Waals surface area (Å²) in [6, 6.07) is 10.7. The molecule has 0 aliphatic rings. The Balaban J connectivity index is 2.71. The highest BCUT2D eigenvalue weighted by Gasteiger charge is 2.23. The molecule has 0 amide bonds. The molecular weight excluding hydrogens is 204 g/mol. The van der Waals surface area contributed by atoms with Crippen LogP contribution in [0, 0.1) is 5.41 Å². The Bertz CT molecular complexity index is 363. The lowest BCUT2D eigenvalue weighted by Gasteiger charge is -2.29. The van der Waals surface area contributed by atoms with Gasteiger partial charge in [-0.05, 0) is 29.2 Å². The third-order valence-electron chi connectivity index (χ3n) is 3.03. The minimum absolute atomic E-state index is 0.184. The first-order valence-electron chi connectivity index (χ1n) is 6.43. The van der Waals surface area contributed by atoms with Gasteiger partial charge in [-0.15, -0.1) is 0 Å². The van der Waals surface area contributed by atoms with Crippen molar-refractivity contribution in [1.82, 2.24) is 0 Å². The topological polar surface area (TPSA) is 0 Å². The third kappa shape index (κ3) is 4.77. The van der Waals surface area contributed by atoms with Crippen LogP contribution in [0.15, 0.2) is 42.5 Å². The fraction of sp³-hybridized carbons (Fsp3) is 0.529. The van der Waals surface area contributed by atoms with Gasteiger partial charge in [0.05, 0.1) is 0 Å². The van der Waals surface area contributed by atoms with Crippen LogP contribution >= 0.6 is 0 Å². The van der Waals surface area contributed by atoms with Crippen LogP contribution < -0.4 is 0 Å². The van der Waals surface area contributed by atoms with Crippen LogP contribution in [0.1, 0.15) is 53.0 Å². The van der Waals surface area contributed by atoms with Gasteiger partial charge >= 0.3 is 0 Å². The SMILES string of the molecule is C=C(CC(C)(C)C)CC(C)(C)c1ccccc1. The summed E-state index contributed by atoms with van der Waals surface area (Å²) in [6.45, 7) is 15.7. The molecule has 0 heteroatoms. The fourth-order valence-corrected chi connectivity index (χ4v) is 2.43. The Morgan fingerprint density at radius 1 is 0.941 bits per heavy atom. The van der Waals surface area contributed by atoms with Crippen molar-refractivity contribution < 1.29 is 0 Å². The predicted octanol–water partition coefficient (Wildman–Crippen LogP) is 5.35. The van der Waals surface area contributed by atoms with Crippen LogP contribution in [0.5, 0.6) is 0 Å². The van der Waals surface area contributed by atoms with E-state index in [9.17, 15) is 0 Å². The summed E-state index contributed by atoms with van der Waals surface area (Å²) >= 11 is 0. The summed E-state index contributed by atoms with van der Waals surface area (Å²) in [5.41, 5.74) is 3.27. The molecule has 0 aliphatic heterocycles. The van der Waals surface area contributed by atoms with Crippen molar-refractivity contribution >= 4 is 0 Å². The first kappa shape index (κ1) is 14.0. The molecule has 0 saturated heterocycles. The molecule has 1 aromatic rings. The van der Waals surface area contributed by atoms with Gasteiger partial charge in [0.2, 0.25) is 0 Å². The fourth-order valence-electron chi connectivity index (χ4n) is 2.43. The first-order valence-corrected chi connectivity index (χ1v) is 6.43. The molecule has 1 aromatic carbocycles. The van der Waals surface area contributed by atoms with Crippen LogP contribution in [0.4, 0.5) is 0 Å². The summed E-state index contributed by atoms with van der Waals surface area (Å²) in [5.74, 6) is 0. The van der Waals surface area contributed by atoms with Crippen LogP contribution in [-0.4, -0.2) is 0 Å². The average molecular weight is 230 g/mol. The van der Waals surface area contributed by atoms with E-state index in [1.165, 1.54) is 11.1 Å². The van der Waals surface area contributed by atoms with Gasteiger partial charge in [-0.25, -0.2) is 0 Å². The molecule has 0 spiro atoms. The third-order valence-corrected chi connectivity index (χ3v) is 3.03. The van der Waals surface area contributed by atoms with Crippen LogP contribution in [0.3, 0.4) is 0 Å². The van der Waals surface area contributed by atoms with Gasteiger partial charge in [0.25, 0.3) is 0 Å². The minimum atomic E-state index is 0.184. The number of rotatable bonds is 4. The number of hydrogen-bond acceptors (Lipinski definition) is 0. The van der Waals surface area contributed by atoms with Crippen LogP contribution in [0.25, 0.3) is 0 Å². The van der Waals surface area contributed by atoms with Crippen molar-refractivity contribution in [2.24, 2.45) is 5.41 Å². The standard InChI is InChI=1S/C17H26/c1-14(12-16(2,3)4)13-17(5,6)15-10-8-7-9-11-15/h7-11H,1,12-13H2,2-6H3. The molecule has 0 heterocycles. The second-order valence-electron chi connectivity index (χ2n) is 6.91. The molecule has 0 saturated carbocycles. The summed E-state index contributed by atoms with van der Waals surface area (Å²) in [7, 11) is 0. The van der Waals surface area contributed by atoms with Gasteiger partial charge < -0.3 is 0 Å². The van der Waals surface area contributed by atoms with E-state index in [1.807, 2.05) is 0 Å². The molecule has 0 bridgehead atoms. The van der Waals surface area contributed by atoms with E-state index < -0.39 is 0 Å². The summed E-state index contributed by atoms with van der Waals surface area (Å²) in [5, 5.41) is 0. The van der Waals surface area contributed by atoms with E-state index in [1.54, 1.807) is 0 Å². The summed E-state index contributed by atoms with van der Waals surface area (Å²) in [4.78, 5) is 0. The largest absolute Gasteiger partial charge is 0.0998 e. The highest BCUT2D eigenvalue weighted by Crippen LogP contribution is 2.34. The minimum Gasteiger partial charge on any atom is -0.0998 e. The highest BCUT2D eigenvalue weighted by atomic mass is 14.3. The maximum Gasteiger partial charge on any atom is -0.00665 e. The molecule has 0 N–H and O–H groups in total. The van der Waals surface area contributed by atoms with E-state index in [4.69, 9.17) is 0 Å². The zero-order valence-corrected chi connectivity index (χ0v) is 12.0. The Morgan fingerprint density at radius 3 is 1.94 bits per heavy atom. The molecule has 1 rings (SSSR count). The highest BCUT2D eigenvalue weighted by molar-refractivity contribution is 5.25. The Labute approximate surface area is 107 Å². The zero-order chi connectivity index (χ0) is 13.1. The number of benzene rings is 1. The maximum atomic E-state index is 4.25. The Morgan fingerprint density at radius 2 is 1.47 bits per heavy atom. The quantitative estimate of drug-likeness (QED) is 0.612. The lowest BCUT2D eigenvalue weighted by atomic mass is 9.76. The molecule has 0 fully saturated rings. The molecule has 0 aromatic heterocycles. The molecule has 94 valence electrons. The van der Waals surface area contributed by atoms with Gasteiger partial charge in [-0.2, -0.15) is 0 Å². The monoisotopic (exact) mass is 230 g/mol. The van der Waals surface area contributed by atoms with E-state index in [2.05, 4.69) is 71.5 Å². The molecule has 17 heavy (non-hydrogen) atoms. The molecule has 0 nitrogen and oxygen atoms in total. The predicted molar refractivity (Wildman–Crippen MR) is 77.3 cm³/mol. The van der Waals surface area contributed by atoms with Gasteiger partial charge in [0.15, 0.2) is 0 Å². The smallest absolute Gasteiger partial charge is 0.00665 e. The second kappa shape index (κ2) is 5.08. The molecule has 0 aliphatic carbocycles. The van der Waals surface area contributed by atoms with E-state index >= 15 is 0 Å². The van der Waals surface area contributed by atoms with Crippen LogP contribution in [0.2, 0.25) is 0 Å². The number of hydrogen-bond donors (Lipinski definition) is 0. The number of allylic oxidation sites excluding steroid dienone is 1. The maximum absolute atomic E-state index is 4.25. The van der Waals surface area contributed by atoms with Crippen molar-refractivity contribution in [2.75, 3.05) is 0 Å². The average Bonchev–Trinajstić information content (AvgIpc) is 2.15. The van der Waals surface area contributed by atoms with Gasteiger partial charge in [0.1, 0.15) is 0 Å². The molecular formula is C17H26. The van der Waals surface area contributed by atoms with Crippen molar-refractivity contribution in [3.63, 3.8) is 0 Å². The molecule has 0 radical (unpaired) electrons. The summed E-state index contributed by atoms with van der Waals surface area (Å²) < 4.78 is 0.